The van der Waals surface area contributed by atoms with Crippen molar-refractivity contribution in [1.82, 2.24) is 14.8 Å². The van der Waals surface area contributed by atoms with Crippen LogP contribution in [0.25, 0.3) is 16.7 Å². The molecule has 0 radical (unpaired) electrons. The Morgan fingerprint density at radius 1 is 1.23 bits per heavy atom. The van der Waals surface area contributed by atoms with Crippen molar-refractivity contribution in [2.24, 2.45) is 0 Å². The second kappa shape index (κ2) is 6.79. The molecule has 3 aromatic rings. The number of rotatable bonds is 6. The minimum absolute atomic E-state index is 0.0146. The second-order valence-corrected chi connectivity index (χ2v) is 7.19. The van der Waals surface area contributed by atoms with Gasteiger partial charge in [0.1, 0.15) is 6.10 Å². The molecule has 1 saturated carbocycles. The first-order valence-electron chi connectivity index (χ1n) is 8.94. The first-order valence-corrected chi connectivity index (χ1v) is 8.94. The molecule has 0 saturated heterocycles. The maximum atomic E-state index is 10.4. The molecule has 2 heterocycles. The van der Waals surface area contributed by atoms with Crippen LogP contribution in [0.3, 0.4) is 0 Å². The highest BCUT2D eigenvalue weighted by atomic mass is 16.5. The van der Waals surface area contributed by atoms with Gasteiger partial charge >= 0.3 is 0 Å². The molecule has 6 heteroatoms. The molecule has 2 N–H and O–H groups in total. The van der Waals surface area contributed by atoms with E-state index in [4.69, 9.17) is 9.84 Å². The lowest BCUT2D eigenvalue weighted by molar-refractivity contribution is -0.112. The van der Waals surface area contributed by atoms with Crippen LogP contribution >= 0.6 is 0 Å². The summed E-state index contributed by atoms with van der Waals surface area (Å²) in [6.45, 7) is 2.39. The van der Waals surface area contributed by atoms with Gasteiger partial charge in [-0.3, -0.25) is 0 Å². The molecule has 0 spiro atoms. The summed E-state index contributed by atoms with van der Waals surface area (Å²) in [6.07, 6.45) is 6.03. The van der Waals surface area contributed by atoms with Crippen LogP contribution in [0.4, 0.5) is 0 Å². The summed E-state index contributed by atoms with van der Waals surface area (Å²) in [7, 11) is 0. The van der Waals surface area contributed by atoms with E-state index in [1.807, 2.05) is 30.3 Å². The molecule has 0 aliphatic heterocycles. The molecule has 2 aromatic heterocycles. The van der Waals surface area contributed by atoms with Gasteiger partial charge in [0, 0.05) is 17.1 Å². The summed E-state index contributed by atoms with van der Waals surface area (Å²) in [5.41, 5.74) is 3.10. The van der Waals surface area contributed by atoms with E-state index >= 15 is 0 Å². The predicted octanol–water partition coefficient (Wildman–Crippen LogP) is 2.91. The lowest BCUT2D eigenvalue weighted by Gasteiger charge is -2.38. The van der Waals surface area contributed by atoms with Crippen LogP contribution in [-0.2, 0) is 11.3 Å². The molecule has 0 unspecified atom stereocenters. The standard InChI is InChI=1S/C20H23N3O3/c1-20(7-2-8-20)26-13-18(25)15-9-16-11-22-23(19(16)21-10-15)17-5-3-14(12-24)4-6-17/h3-6,9-11,18,24-25H,2,7-8,12-13H2,1H3/t18-/m0/s1. The summed E-state index contributed by atoms with van der Waals surface area (Å²) < 4.78 is 7.62. The van der Waals surface area contributed by atoms with Crippen molar-refractivity contribution < 1.29 is 14.9 Å². The fourth-order valence-corrected chi connectivity index (χ4v) is 3.25. The first kappa shape index (κ1) is 17.1. The number of hydrogen-bond donors (Lipinski definition) is 2. The van der Waals surface area contributed by atoms with Crippen LogP contribution in [-0.4, -0.2) is 37.2 Å². The lowest BCUT2D eigenvalue weighted by Crippen LogP contribution is -2.37. The number of nitrogens with zero attached hydrogens (tertiary/aromatic N) is 3. The maximum absolute atomic E-state index is 10.4. The summed E-state index contributed by atoms with van der Waals surface area (Å²) in [4.78, 5) is 4.50. The third kappa shape index (κ3) is 3.23. The van der Waals surface area contributed by atoms with Crippen LogP contribution < -0.4 is 0 Å². The topological polar surface area (TPSA) is 80.4 Å². The molecule has 1 atom stereocenters. The zero-order valence-corrected chi connectivity index (χ0v) is 14.8. The predicted molar refractivity (Wildman–Crippen MR) is 98.0 cm³/mol. The molecule has 4 rings (SSSR count). The molecule has 1 fully saturated rings. The summed E-state index contributed by atoms with van der Waals surface area (Å²) in [5.74, 6) is 0. The van der Waals surface area contributed by atoms with Gasteiger partial charge in [-0.2, -0.15) is 5.10 Å². The van der Waals surface area contributed by atoms with Crippen LogP contribution in [0.2, 0.25) is 0 Å². The van der Waals surface area contributed by atoms with Crippen LogP contribution in [0.15, 0.2) is 42.7 Å². The number of benzene rings is 1. The van der Waals surface area contributed by atoms with Gasteiger partial charge in [0.15, 0.2) is 5.65 Å². The van der Waals surface area contributed by atoms with E-state index in [2.05, 4.69) is 17.0 Å². The van der Waals surface area contributed by atoms with Crippen molar-refractivity contribution in [2.75, 3.05) is 6.61 Å². The first-order chi connectivity index (χ1) is 12.6. The maximum Gasteiger partial charge on any atom is 0.162 e. The molecular formula is C20H23N3O3. The van der Waals surface area contributed by atoms with Gasteiger partial charge in [-0.1, -0.05) is 12.1 Å². The number of aliphatic hydroxyl groups is 2. The van der Waals surface area contributed by atoms with Crippen molar-refractivity contribution in [3.05, 3.63) is 53.9 Å². The second-order valence-electron chi connectivity index (χ2n) is 7.19. The Hall–Kier alpha value is -2.28. The Bertz CT molecular complexity index is 900. The Morgan fingerprint density at radius 2 is 2.00 bits per heavy atom. The molecule has 26 heavy (non-hydrogen) atoms. The van der Waals surface area contributed by atoms with Crippen molar-refractivity contribution in [1.29, 1.82) is 0 Å². The highest BCUT2D eigenvalue weighted by Gasteiger charge is 2.33. The third-order valence-corrected chi connectivity index (χ3v) is 5.18. The Kier molecular flexibility index (Phi) is 4.48. The van der Waals surface area contributed by atoms with Crippen LogP contribution in [0.5, 0.6) is 0 Å². The van der Waals surface area contributed by atoms with Crippen LogP contribution in [0, 0.1) is 0 Å². The zero-order chi connectivity index (χ0) is 18.1. The normalized spacial score (nSPS) is 17.2. The van der Waals surface area contributed by atoms with E-state index in [1.165, 1.54) is 6.42 Å². The Labute approximate surface area is 152 Å². The van der Waals surface area contributed by atoms with E-state index in [1.54, 1.807) is 17.1 Å². The fourth-order valence-electron chi connectivity index (χ4n) is 3.25. The van der Waals surface area contributed by atoms with Crippen LogP contribution in [0.1, 0.15) is 43.4 Å². The minimum Gasteiger partial charge on any atom is -0.392 e. The largest absolute Gasteiger partial charge is 0.392 e. The highest BCUT2D eigenvalue weighted by molar-refractivity contribution is 5.76. The number of ether oxygens (including phenoxy) is 1. The molecule has 6 nitrogen and oxygen atoms in total. The average Bonchev–Trinajstić information content (AvgIpc) is 3.07. The Morgan fingerprint density at radius 3 is 2.65 bits per heavy atom. The van der Waals surface area contributed by atoms with Gasteiger partial charge in [-0.25, -0.2) is 9.67 Å². The van der Waals surface area contributed by atoms with Gasteiger partial charge in [0.25, 0.3) is 0 Å². The van der Waals surface area contributed by atoms with E-state index < -0.39 is 6.10 Å². The minimum atomic E-state index is -0.698. The number of pyridine rings is 1. The highest BCUT2D eigenvalue weighted by Crippen LogP contribution is 2.35. The van der Waals surface area contributed by atoms with E-state index in [0.717, 1.165) is 40.7 Å². The molecule has 1 aliphatic carbocycles. The fraction of sp³-hybridized carbons (Fsp3) is 0.400. The number of aromatic nitrogens is 3. The summed E-state index contributed by atoms with van der Waals surface area (Å²) in [6, 6.07) is 9.43. The van der Waals surface area contributed by atoms with Gasteiger partial charge in [-0.05, 0) is 49.9 Å². The van der Waals surface area contributed by atoms with E-state index in [9.17, 15) is 5.11 Å². The number of fused-ring (bicyclic) bond motifs is 1. The monoisotopic (exact) mass is 353 g/mol. The smallest absolute Gasteiger partial charge is 0.162 e. The molecule has 0 amide bonds. The Balaban J connectivity index is 1.54. The van der Waals surface area contributed by atoms with Gasteiger partial charge in [0.2, 0.25) is 0 Å². The molecule has 0 bridgehead atoms. The average molecular weight is 353 g/mol. The molecular weight excluding hydrogens is 330 g/mol. The molecule has 1 aromatic carbocycles. The summed E-state index contributed by atoms with van der Waals surface area (Å²) >= 11 is 0. The SMILES string of the molecule is CC1(OC[C@H](O)c2cnc3c(cnn3-c3ccc(CO)cc3)c2)CCC1. The van der Waals surface area contributed by atoms with Gasteiger partial charge in [0.05, 0.1) is 30.7 Å². The number of aliphatic hydroxyl groups excluding tert-OH is 2. The zero-order valence-electron chi connectivity index (χ0n) is 14.8. The lowest BCUT2D eigenvalue weighted by atomic mass is 9.82. The third-order valence-electron chi connectivity index (χ3n) is 5.18. The van der Waals surface area contributed by atoms with Crippen molar-refractivity contribution in [2.45, 2.75) is 44.5 Å². The molecule has 136 valence electrons. The van der Waals surface area contributed by atoms with E-state index in [-0.39, 0.29) is 18.8 Å². The van der Waals surface area contributed by atoms with Crippen molar-refractivity contribution >= 4 is 11.0 Å². The van der Waals surface area contributed by atoms with E-state index in [0.29, 0.717) is 0 Å². The summed E-state index contributed by atoms with van der Waals surface area (Å²) in [5, 5.41) is 24.9. The number of hydrogen-bond acceptors (Lipinski definition) is 5. The van der Waals surface area contributed by atoms with Crippen molar-refractivity contribution in [3.63, 3.8) is 0 Å². The molecule has 1 aliphatic rings. The van der Waals surface area contributed by atoms with Crippen molar-refractivity contribution in [3.8, 4) is 5.69 Å². The van der Waals surface area contributed by atoms with Gasteiger partial charge in [-0.15, -0.1) is 0 Å². The quantitative estimate of drug-likeness (QED) is 0.712. The van der Waals surface area contributed by atoms with Gasteiger partial charge < -0.3 is 14.9 Å².